The average molecular weight is 297 g/mol. The van der Waals surface area contributed by atoms with Gasteiger partial charge in [-0.25, -0.2) is 0 Å². The molecule has 0 spiro atoms. The maximum absolute atomic E-state index is 13.8. The van der Waals surface area contributed by atoms with E-state index < -0.39 is 12.0 Å². The van der Waals surface area contributed by atoms with E-state index in [9.17, 15) is 13.6 Å². The molecule has 0 aromatic heterocycles. The Morgan fingerprint density at radius 1 is 1.24 bits per heavy atom. The van der Waals surface area contributed by atoms with E-state index in [-0.39, 0.29) is 18.0 Å². The van der Waals surface area contributed by atoms with Crippen molar-refractivity contribution < 1.29 is 18.3 Å². The van der Waals surface area contributed by atoms with E-state index >= 15 is 0 Å². The molecule has 3 nitrogen and oxygen atoms in total. The van der Waals surface area contributed by atoms with Gasteiger partial charge in [0.25, 0.3) is 5.92 Å². The van der Waals surface area contributed by atoms with Crippen molar-refractivity contribution in [2.75, 3.05) is 0 Å². The number of carbonyl (C=O) groups is 1. The SMILES string of the molecule is CC1CCC(Oc2ccc(C(F)(F)C(N)C=O)cc2)CC1. The normalized spacial score (nSPS) is 24.4. The van der Waals surface area contributed by atoms with Gasteiger partial charge in [-0.2, -0.15) is 8.78 Å². The molecule has 1 atom stereocenters. The van der Waals surface area contributed by atoms with Gasteiger partial charge in [-0.3, -0.25) is 0 Å². The monoisotopic (exact) mass is 297 g/mol. The van der Waals surface area contributed by atoms with Crippen LogP contribution in [0.15, 0.2) is 24.3 Å². The van der Waals surface area contributed by atoms with Crippen molar-refractivity contribution in [3.8, 4) is 5.75 Å². The lowest BCUT2D eigenvalue weighted by Crippen LogP contribution is -2.39. The van der Waals surface area contributed by atoms with Gasteiger partial charge < -0.3 is 15.3 Å². The fraction of sp³-hybridized carbons (Fsp3) is 0.562. The van der Waals surface area contributed by atoms with Crippen molar-refractivity contribution >= 4 is 6.29 Å². The lowest BCUT2D eigenvalue weighted by atomic mass is 9.89. The van der Waals surface area contributed by atoms with Crippen molar-refractivity contribution in [1.82, 2.24) is 0 Å². The average Bonchev–Trinajstić information content (AvgIpc) is 2.49. The molecule has 1 fully saturated rings. The molecule has 21 heavy (non-hydrogen) atoms. The van der Waals surface area contributed by atoms with E-state index in [4.69, 9.17) is 10.5 Å². The molecule has 0 bridgehead atoms. The zero-order valence-electron chi connectivity index (χ0n) is 12.1. The second kappa shape index (κ2) is 6.52. The maximum atomic E-state index is 13.8. The van der Waals surface area contributed by atoms with Crippen LogP contribution in [0, 0.1) is 5.92 Å². The molecular formula is C16H21F2NO2. The zero-order chi connectivity index (χ0) is 15.5. The Hall–Kier alpha value is -1.49. The Balaban J connectivity index is 2.00. The van der Waals surface area contributed by atoms with Crippen molar-refractivity contribution in [2.45, 2.75) is 50.7 Å². The van der Waals surface area contributed by atoms with Gasteiger partial charge in [0, 0.05) is 5.56 Å². The second-order valence-corrected chi connectivity index (χ2v) is 5.81. The molecule has 2 N–H and O–H groups in total. The van der Waals surface area contributed by atoms with Gasteiger partial charge in [-0.15, -0.1) is 0 Å². The molecule has 1 saturated carbocycles. The number of alkyl halides is 2. The molecule has 0 amide bonds. The molecule has 0 radical (unpaired) electrons. The minimum absolute atomic E-state index is 0.0631. The van der Waals surface area contributed by atoms with Crippen LogP contribution in [0.1, 0.15) is 38.2 Å². The predicted molar refractivity (Wildman–Crippen MR) is 76.4 cm³/mol. The Morgan fingerprint density at radius 2 is 1.81 bits per heavy atom. The molecule has 1 aromatic carbocycles. The van der Waals surface area contributed by atoms with Gasteiger partial charge in [0.05, 0.1) is 6.10 Å². The van der Waals surface area contributed by atoms with Crippen LogP contribution >= 0.6 is 0 Å². The van der Waals surface area contributed by atoms with Crippen LogP contribution in [-0.4, -0.2) is 18.4 Å². The molecule has 1 aromatic rings. The largest absolute Gasteiger partial charge is 0.490 e. The lowest BCUT2D eigenvalue weighted by Gasteiger charge is -2.27. The van der Waals surface area contributed by atoms with Crippen molar-refractivity contribution in [3.63, 3.8) is 0 Å². The molecule has 1 unspecified atom stereocenters. The Morgan fingerprint density at radius 3 is 2.33 bits per heavy atom. The predicted octanol–water partition coefficient (Wildman–Crippen LogP) is 3.26. The first-order chi connectivity index (χ1) is 9.93. The number of carbonyl (C=O) groups excluding carboxylic acids is 1. The van der Waals surface area contributed by atoms with Gasteiger partial charge in [0.1, 0.15) is 18.1 Å². The van der Waals surface area contributed by atoms with Gasteiger partial charge >= 0.3 is 0 Å². The van der Waals surface area contributed by atoms with Crippen LogP contribution in [0.3, 0.4) is 0 Å². The maximum Gasteiger partial charge on any atom is 0.294 e. The lowest BCUT2D eigenvalue weighted by molar-refractivity contribution is -0.118. The summed E-state index contributed by atoms with van der Waals surface area (Å²) in [6.07, 6.45) is 4.48. The summed E-state index contributed by atoms with van der Waals surface area (Å²) < 4.78 is 33.4. The van der Waals surface area contributed by atoms with Crippen molar-refractivity contribution in [3.05, 3.63) is 29.8 Å². The minimum atomic E-state index is -3.36. The van der Waals surface area contributed by atoms with E-state index in [1.165, 1.54) is 24.3 Å². The van der Waals surface area contributed by atoms with E-state index in [0.717, 1.165) is 31.6 Å². The van der Waals surface area contributed by atoms with Crippen LogP contribution in [0.4, 0.5) is 8.78 Å². The summed E-state index contributed by atoms with van der Waals surface area (Å²) in [7, 11) is 0. The first-order valence-electron chi connectivity index (χ1n) is 7.29. The Kier molecular flexibility index (Phi) is 4.93. The van der Waals surface area contributed by atoms with Crippen LogP contribution < -0.4 is 10.5 Å². The third-order valence-corrected chi connectivity index (χ3v) is 4.07. The Labute approximate surface area is 123 Å². The van der Waals surface area contributed by atoms with Crippen LogP contribution in [-0.2, 0) is 10.7 Å². The summed E-state index contributed by atoms with van der Waals surface area (Å²) in [5.41, 5.74) is 4.86. The summed E-state index contributed by atoms with van der Waals surface area (Å²) in [5, 5.41) is 0. The third kappa shape index (κ3) is 3.79. The first-order valence-corrected chi connectivity index (χ1v) is 7.29. The smallest absolute Gasteiger partial charge is 0.294 e. The number of rotatable bonds is 5. The fourth-order valence-electron chi connectivity index (χ4n) is 2.57. The Bertz CT molecular complexity index is 468. The number of benzene rings is 1. The number of hydrogen-bond donors (Lipinski definition) is 1. The highest BCUT2D eigenvalue weighted by atomic mass is 19.3. The standard InChI is InChI=1S/C16H21F2NO2/c1-11-2-6-13(7-3-11)21-14-8-4-12(5-9-14)16(17,18)15(19)10-20/h4-5,8-11,13,15H,2-3,6-7,19H2,1H3. The quantitative estimate of drug-likeness (QED) is 0.849. The zero-order valence-corrected chi connectivity index (χ0v) is 12.1. The number of nitrogens with two attached hydrogens (primary N) is 1. The highest BCUT2D eigenvalue weighted by Gasteiger charge is 2.39. The van der Waals surface area contributed by atoms with E-state index in [2.05, 4.69) is 6.92 Å². The molecule has 0 aliphatic heterocycles. The highest BCUT2D eigenvalue weighted by molar-refractivity contribution is 5.60. The number of aldehydes is 1. The van der Waals surface area contributed by atoms with Crippen LogP contribution in [0.25, 0.3) is 0 Å². The van der Waals surface area contributed by atoms with Gasteiger partial charge in [0.15, 0.2) is 0 Å². The second-order valence-electron chi connectivity index (χ2n) is 5.81. The fourth-order valence-corrected chi connectivity index (χ4v) is 2.57. The third-order valence-electron chi connectivity index (χ3n) is 4.07. The van der Waals surface area contributed by atoms with Crippen LogP contribution in [0.5, 0.6) is 5.75 Å². The number of hydrogen-bond acceptors (Lipinski definition) is 3. The number of ether oxygens (including phenoxy) is 1. The summed E-state index contributed by atoms with van der Waals surface area (Å²) in [4.78, 5) is 10.5. The van der Waals surface area contributed by atoms with E-state index in [1.54, 1.807) is 0 Å². The van der Waals surface area contributed by atoms with Gasteiger partial charge in [0.2, 0.25) is 0 Å². The summed E-state index contributed by atoms with van der Waals surface area (Å²) >= 11 is 0. The molecule has 1 aliphatic carbocycles. The first kappa shape index (κ1) is 15.9. The molecule has 0 saturated heterocycles. The molecule has 116 valence electrons. The summed E-state index contributed by atoms with van der Waals surface area (Å²) in [6.45, 7) is 2.23. The highest BCUT2D eigenvalue weighted by Crippen LogP contribution is 2.32. The van der Waals surface area contributed by atoms with E-state index in [1.807, 2.05) is 0 Å². The van der Waals surface area contributed by atoms with E-state index in [0.29, 0.717) is 5.75 Å². The molecule has 2 rings (SSSR count). The van der Waals surface area contributed by atoms with Gasteiger partial charge in [-0.05, 0) is 55.9 Å². The van der Waals surface area contributed by atoms with Crippen molar-refractivity contribution in [1.29, 1.82) is 0 Å². The molecule has 5 heteroatoms. The molecule has 1 aliphatic rings. The molecule has 0 heterocycles. The minimum Gasteiger partial charge on any atom is -0.490 e. The summed E-state index contributed by atoms with van der Waals surface area (Å²) in [5.74, 6) is -2.05. The molecular weight excluding hydrogens is 276 g/mol. The van der Waals surface area contributed by atoms with Gasteiger partial charge in [-0.1, -0.05) is 6.92 Å². The number of halogens is 2. The topological polar surface area (TPSA) is 52.3 Å². The van der Waals surface area contributed by atoms with Crippen LogP contribution in [0.2, 0.25) is 0 Å². The summed E-state index contributed by atoms with van der Waals surface area (Å²) in [6, 6.07) is 3.73. The van der Waals surface area contributed by atoms with Crippen molar-refractivity contribution in [2.24, 2.45) is 11.7 Å².